The molecule has 33 heavy (non-hydrogen) atoms. The van der Waals surface area contributed by atoms with Crippen molar-refractivity contribution in [3.63, 3.8) is 0 Å². The van der Waals surface area contributed by atoms with E-state index >= 15 is 0 Å². The van der Waals surface area contributed by atoms with E-state index in [1.165, 1.54) is 16.9 Å². The summed E-state index contributed by atoms with van der Waals surface area (Å²) in [6.07, 6.45) is 0.747. The lowest BCUT2D eigenvalue weighted by atomic mass is 10.1. The third-order valence-electron chi connectivity index (χ3n) is 5.69. The van der Waals surface area contributed by atoms with E-state index in [9.17, 15) is 14.4 Å². The second-order valence-electron chi connectivity index (χ2n) is 8.05. The molecule has 4 rings (SSSR count). The Hall–Kier alpha value is -3.59. The van der Waals surface area contributed by atoms with Crippen molar-refractivity contribution in [1.82, 2.24) is 10.2 Å². The lowest BCUT2D eigenvalue weighted by molar-refractivity contribution is -0.117. The average Bonchev–Trinajstić information content (AvgIpc) is 3.42. The molecule has 1 unspecified atom stereocenters. The van der Waals surface area contributed by atoms with Crippen LogP contribution in [0.1, 0.15) is 52.2 Å². The Morgan fingerprint density at radius 3 is 2.52 bits per heavy atom. The number of hydrogen-bond acceptors (Lipinski definition) is 6. The molecule has 170 valence electrons. The molecule has 9 heteroatoms. The van der Waals surface area contributed by atoms with Gasteiger partial charge in [-0.05, 0) is 61.4 Å². The molecule has 1 atom stereocenters. The first-order valence-corrected chi connectivity index (χ1v) is 11.6. The van der Waals surface area contributed by atoms with E-state index in [1.807, 2.05) is 32.0 Å². The molecule has 1 fully saturated rings. The Bertz CT molecular complexity index is 1210. The number of benzene rings is 2. The summed E-state index contributed by atoms with van der Waals surface area (Å²) >= 11 is 1.28. The molecule has 0 radical (unpaired) electrons. The highest BCUT2D eigenvalue weighted by atomic mass is 32.1. The van der Waals surface area contributed by atoms with E-state index in [1.54, 1.807) is 36.1 Å². The highest BCUT2D eigenvalue weighted by Gasteiger charge is 2.34. The highest BCUT2D eigenvalue weighted by Crippen LogP contribution is 2.34. The lowest BCUT2D eigenvalue weighted by Gasteiger charge is -2.17. The molecule has 0 saturated carbocycles. The summed E-state index contributed by atoms with van der Waals surface area (Å²) in [5.74, 6) is -0.414. The van der Waals surface area contributed by atoms with Gasteiger partial charge in [-0.1, -0.05) is 24.3 Å². The van der Waals surface area contributed by atoms with Crippen molar-refractivity contribution in [3.05, 3.63) is 64.2 Å². The van der Waals surface area contributed by atoms with Crippen molar-refractivity contribution in [1.29, 1.82) is 0 Å². The molecular weight excluding hydrogens is 438 g/mol. The van der Waals surface area contributed by atoms with E-state index in [0.29, 0.717) is 35.8 Å². The number of aromatic nitrogens is 2. The number of aryl methyl sites for hydroxylation is 2. The molecule has 0 aliphatic carbocycles. The monoisotopic (exact) mass is 463 g/mol. The van der Waals surface area contributed by atoms with Gasteiger partial charge in [-0.15, -0.1) is 10.2 Å². The summed E-state index contributed by atoms with van der Waals surface area (Å²) in [6.45, 7) is 6.39. The maximum absolute atomic E-state index is 12.6. The van der Waals surface area contributed by atoms with E-state index in [0.717, 1.165) is 16.3 Å². The smallest absolute Gasteiger partial charge is 0.257 e. The van der Waals surface area contributed by atoms with E-state index < -0.39 is 0 Å². The third kappa shape index (κ3) is 5.09. The number of anilines is 3. The molecule has 1 aromatic heterocycles. The van der Waals surface area contributed by atoms with Crippen LogP contribution in [0.5, 0.6) is 0 Å². The normalized spacial score (nSPS) is 15.5. The van der Waals surface area contributed by atoms with Crippen molar-refractivity contribution >= 4 is 45.6 Å². The maximum atomic E-state index is 12.6. The predicted octanol–water partition coefficient (Wildman–Crippen LogP) is 4.28. The van der Waals surface area contributed by atoms with E-state index in [-0.39, 0.29) is 23.6 Å². The Balaban J connectivity index is 1.39. The van der Waals surface area contributed by atoms with Gasteiger partial charge < -0.3 is 10.2 Å². The first kappa shape index (κ1) is 22.6. The maximum Gasteiger partial charge on any atom is 0.257 e. The fourth-order valence-corrected chi connectivity index (χ4v) is 4.42. The van der Waals surface area contributed by atoms with Crippen LogP contribution in [-0.2, 0) is 9.59 Å². The van der Waals surface area contributed by atoms with Gasteiger partial charge in [0.05, 0.1) is 0 Å². The van der Waals surface area contributed by atoms with E-state index in [2.05, 4.69) is 20.8 Å². The van der Waals surface area contributed by atoms with Crippen molar-refractivity contribution in [2.45, 2.75) is 39.5 Å². The zero-order valence-corrected chi connectivity index (χ0v) is 19.5. The van der Waals surface area contributed by atoms with Crippen LogP contribution < -0.4 is 15.5 Å². The molecule has 3 aromatic rings. The summed E-state index contributed by atoms with van der Waals surface area (Å²) < 4.78 is 0. The van der Waals surface area contributed by atoms with Crippen molar-refractivity contribution in [3.8, 4) is 0 Å². The molecule has 0 bridgehead atoms. The zero-order valence-electron chi connectivity index (χ0n) is 18.7. The minimum absolute atomic E-state index is 0.0549. The van der Waals surface area contributed by atoms with Gasteiger partial charge in [0.2, 0.25) is 16.9 Å². The fourth-order valence-electron chi connectivity index (χ4n) is 3.59. The Labute approximate surface area is 196 Å². The summed E-state index contributed by atoms with van der Waals surface area (Å²) in [5, 5.41) is 14.9. The SMILES string of the molecule is CCC(=O)Nc1ccc(C(=O)Nc2nnc(C3CC(=O)N(c4ccc(C)c(C)c4)C3)s2)cc1. The van der Waals surface area contributed by atoms with Gasteiger partial charge in [0.15, 0.2) is 0 Å². The zero-order chi connectivity index (χ0) is 23.5. The van der Waals surface area contributed by atoms with Gasteiger partial charge in [-0.3, -0.25) is 19.7 Å². The van der Waals surface area contributed by atoms with Crippen LogP contribution in [-0.4, -0.2) is 34.5 Å². The number of amides is 3. The van der Waals surface area contributed by atoms with Gasteiger partial charge >= 0.3 is 0 Å². The van der Waals surface area contributed by atoms with Crippen LogP contribution >= 0.6 is 11.3 Å². The molecule has 1 saturated heterocycles. The van der Waals surface area contributed by atoms with Crippen LogP contribution in [0.2, 0.25) is 0 Å². The van der Waals surface area contributed by atoms with Gasteiger partial charge in [0, 0.05) is 42.2 Å². The molecule has 1 aliphatic heterocycles. The summed E-state index contributed by atoms with van der Waals surface area (Å²) in [6, 6.07) is 12.7. The predicted molar refractivity (Wildman–Crippen MR) is 129 cm³/mol. The van der Waals surface area contributed by atoms with Crippen LogP contribution in [0, 0.1) is 13.8 Å². The third-order valence-corrected chi connectivity index (χ3v) is 6.69. The van der Waals surface area contributed by atoms with Crippen LogP contribution in [0.3, 0.4) is 0 Å². The Morgan fingerprint density at radius 2 is 1.82 bits per heavy atom. The summed E-state index contributed by atoms with van der Waals surface area (Å²) in [4.78, 5) is 38.4. The number of carbonyl (C=O) groups is 3. The van der Waals surface area contributed by atoms with Crippen molar-refractivity contribution in [2.75, 3.05) is 22.1 Å². The average molecular weight is 464 g/mol. The molecule has 0 spiro atoms. The summed E-state index contributed by atoms with van der Waals surface area (Å²) in [7, 11) is 0. The number of hydrogen-bond donors (Lipinski definition) is 2. The number of nitrogens with one attached hydrogen (secondary N) is 2. The number of carbonyl (C=O) groups excluding carboxylic acids is 3. The highest BCUT2D eigenvalue weighted by molar-refractivity contribution is 7.15. The topological polar surface area (TPSA) is 104 Å². The Kier molecular flexibility index (Phi) is 6.50. The number of nitrogens with zero attached hydrogens (tertiary/aromatic N) is 3. The molecule has 2 aromatic carbocycles. The first-order valence-electron chi connectivity index (χ1n) is 10.8. The molecule has 2 N–H and O–H groups in total. The molecule has 2 heterocycles. The van der Waals surface area contributed by atoms with Gasteiger partial charge in [-0.2, -0.15) is 0 Å². The first-order chi connectivity index (χ1) is 15.8. The van der Waals surface area contributed by atoms with Gasteiger partial charge in [0.25, 0.3) is 5.91 Å². The van der Waals surface area contributed by atoms with Crippen LogP contribution in [0.4, 0.5) is 16.5 Å². The quantitative estimate of drug-likeness (QED) is 0.568. The molecule has 8 nitrogen and oxygen atoms in total. The second-order valence-corrected chi connectivity index (χ2v) is 9.06. The fraction of sp³-hybridized carbons (Fsp3) is 0.292. The molecule has 3 amide bonds. The minimum atomic E-state index is -0.315. The Morgan fingerprint density at radius 1 is 1.06 bits per heavy atom. The second kappa shape index (κ2) is 9.50. The largest absolute Gasteiger partial charge is 0.326 e. The molecular formula is C24H25N5O3S. The van der Waals surface area contributed by atoms with Crippen LogP contribution in [0.15, 0.2) is 42.5 Å². The lowest BCUT2D eigenvalue weighted by Crippen LogP contribution is -2.24. The van der Waals surface area contributed by atoms with Crippen molar-refractivity contribution < 1.29 is 14.4 Å². The van der Waals surface area contributed by atoms with Crippen molar-refractivity contribution in [2.24, 2.45) is 0 Å². The minimum Gasteiger partial charge on any atom is -0.326 e. The summed E-state index contributed by atoms with van der Waals surface area (Å²) in [5.41, 5.74) is 4.30. The van der Waals surface area contributed by atoms with E-state index in [4.69, 9.17) is 0 Å². The van der Waals surface area contributed by atoms with Gasteiger partial charge in [0.1, 0.15) is 5.01 Å². The number of rotatable bonds is 6. The van der Waals surface area contributed by atoms with Crippen LogP contribution in [0.25, 0.3) is 0 Å². The standard InChI is InChI=1S/C24H25N5O3S/c1-4-20(30)25-18-8-6-16(7-9-18)22(32)26-24-28-27-23(33-24)17-12-21(31)29(13-17)19-10-5-14(2)15(3)11-19/h5-11,17H,4,12-13H2,1-3H3,(H,25,30)(H,26,28,32). The van der Waals surface area contributed by atoms with Gasteiger partial charge in [-0.25, -0.2) is 0 Å². The molecule has 1 aliphatic rings.